The summed E-state index contributed by atoms with van der Waals surface area (Å²) in [5.74, 6) is 0.195. The van der Waals surface area contributed by atoms with Crippen molar-refractivity contribution in [2.75, 3.05) is 6.61 Å². The van der Waals surface area contributed by atoms with E-state index in [0.29, 0.717) is 16.5 Å². The van der Waals surface area contributed by atoms with Crippen LogP contribution >= 0.6 is 11.8 Å². The van der Waals surface area contributed by atoms with Crippen molar-refractivity contribution < 1.29 is 18.8 Å². The minimum Gasteiger partial charge on any atom is -0.452 e. The maximum absolute atomic E-state index is 12.4. The first-order valence-electron chi connectivity index (χ1n) is 8.80. The molecule has 1 amide bonds. The van der Waals surface area contributed by atoms with Crippen LogP contribution in [0.15, 0.2) is 33.9 Å². The van der Waals surface area contributed by atoms with Crippen molar-refractivity contribution in [2.45, 2.75) is 43.0 Å². The van der Waals surface area contributed by atoms with Crippen LogP contribution in [0.4, 0.5) is 0 Å². The van der Waals surface area contributed by atoms with Crippen molar-refractivity contribution in [2.24, 2.45) is 5.92 Å². The van der Waals surface area contributed by atoms with E-state index in [1.807, 2.05) is 6.07 Å². The van der Waals surface area contributed by atoms with Gasteiger partial charge in [0.25, 0.3) is 5.91 Å². The second kappa shape index (κ2) is 8.44. The quantitative estimate of drug-likeness (QED) is 0.531. The van der Waals surface area contributed by atoms with Gasteiger partial charge in [-0.15, -0.1) is 0 Å². The molecule has 1 saturated carbocycles. The highest BCUT2D eigenvalue weighted by atomic mass is 32.2. The summed E-state index contributed by atoms with van der Waals surface area (Å²) in [6.45, 7) is 3.03. The summed E-state index contributed by atoms with van der Waals surface area (Å²) in [7, 11) is 0. The van der Waals surface area contributed by atoms with E-state index < -0.39 is 24.0 Å². The normalized spacial score (nSPS) is 15.3. The molecule has 28 heavy (non-hydrogen) atoms. The van der Waals surface area contributed by atoms with Crippen LogP contribution in [-0.4, -0.2) is 34.2 Å². The third-order valence-electron chi connectivity index (χ3n) is 4.38. The Bertz CT molecular complexity index is 919. The fraction of sp³-hybridized carbons (Fsp3) is 0.421. The molecule has 1 fully saturated rings. The number of amides is 1. The van der Waals surface area contributed by atoms with E-state index in [1.54, 1.807) is 32.2 Å². The number of aromatic nitrogens is 2. The van der Waals surface area contributed by atoms with Crippen molar-refractivity contribution >= 4 is 23.6 Å². The lowest BCUT2D eigenvalue weighted by molar-refractivity contribution is -0.125. The van der Waals surface area contributed by atoms with E-state index in [-0.39, 0.29) is 11.5 Å². The van der Waals surface area contributed by atoms with Gasteiger partial charge in [0.15, 0.2) is 6.61 Å². The fourth-order valence-electron chi connectivity index (χ4n) is 2.71. The molecule has 8 nitrogen and oxygen atoms in total. The van der Waals surface area contributed by atoms with Crippen LogP contribution in [0.1, 0.15) is 41.6 Å². The third kappa shape index (κ3) is 4.89. The minimum atomic E-state index is -0.922. The molecular formula is C19H20N4O4S. The van der Waals surface area contributed by atoms with Crippen molar-refractivity contribution in [3.8, 4) is 6.07 Å². The Morgan fingerprint density at radius 2 is 2.29 bits per heavy atom. The molecule has 0 saturated heterocycles. The number of carbonyl (C=O) groups is 2. The zero-order chi connectivity index (χ0) is 20.1. The highest BCUT2D eigenvalue weighted by Crippen LogP contribution is 2.39. The molecule has 1 N–H and O–H groups in total. The Hall–Kier alpha value is -2.86. The number of nitriles is 1. The van der Waals surface area contributed by atoms with Gasteiger partial charge in [-0.3, -0.25) is 4.79 Å². The standard InChI is InChI=1S/C19H20N4O4S/c1-12-8-14(23-27-12)10-28-17-15(4-3-7-21-17)18(25)26-9-16(24)22-19(2,11-20)13-5-6-13/h3-4,7-8,13H,5-6,9-10H2,1-2H3,(H,22,24)/t19-/m0/s1. The summed E-state index contributed by atoms with van der Waals surface area (Å²) < 4.78 is 10.2. The molecule has 2 aromatic rings. The second-order valence-corrected chi connectivity index (χ2v) is 7.75. The van der Waals surface area contributed by atoms with Crippen molar-refractivity contribution in [1.29, 1.82) is 5.26 Å². The molecule has 1 aliphatic carbocycles. The molecule has 146 valence electrons. The van der Waals surface area contributed by atoms with Crippen LogP contribution in [0, 0.1) is 24.2 Å². The van der Waals surface area contributed by atoms with Gasteiger partial charge in [-0.25, -0.2) is 9.78 Å². The number of nitrogens with one attached hydrogen (secondary N) is 1. The fourth-order valence-corrected chi connectivity index (χ4v) is 3.57. The van der Waals surface area contributed by atoms with Crippen LogP contribution in [0.3, 0.4) is 0 Å². The zero-order valence-corrected chi connectivity index (χ0v) is 16.4. The molecule has 0 radical (unpaired) electrons. The number of thioether (sulfide) groups is 1. The average Bonchev–Trinajstić information content (AvgIpc) is 3.47. The molecule has 2 aromatic heterocycles. The number of pyridine rings is 1. The van der Waals surface area contributed by atoms with Gasteiger partial charge in [-0.1, -0.05) is 16.9 Å². The Kier molecular flexibility index (Phi) is 5.99. The van der Waals surface area contributed by atoms with Gasteiger partial charge in [-0.2, -0.15) is 5.26 Å². The number of aryl methyl sites for hydroxylation is 1. The van der Waals surface area contributed by atoms with Gasteiger partial charge >= 0.3 is 5.97 Å². The van der Waals surface area contributed by atoms with E-state index in [4.69, 9.17) is 9.26 Å². The van der Waals surface area contributed by atoms with Gasteiger partial charge in [-0.05, 0) is 44.7 Å². The molecule has 0 aliphatic heterocycles. The lowest BCUT2D eigenvalue weighted by Gasteiger charge is -2.22. The minimum absolute atomic E-state index is 0.152. The number of carbonyl (C=O) groups excluding carboxylic acids is 2. The Labute approximate surface area is 166 Å². The number of rotatable bonds is 8. The van der Waals surface area contributed by atoms with Crippen LogP contribution < -0.4 is 5.32 Å². The average molecular weight is 400 g/mol. The lowest BCUT2D eigenvalue weighted by atomic mass is 9.98. The summed E-state index contributed by atoms with van der Waals surface area (Å²) in [4.78, 5) is 28.7. The summed E-state index contributed by atoms with van der Waals surface area (Å²) in [5, 5.41) is 16.3. The molecule has 9 heteroatoms. The molecule has 1 aliphatic rings. The molecule has 0 bridgehead atoms. The van der Waals surface area contributed by atoms with Crippen molar-refractivity contribution in [1.82, 2.24) is 15.5 Å². The van der Waals surface area contributed by atoms with Crippen LogP contribution in [0.25, 0.3) is 0 Å². The van der Waals surface area contributed by atoms with Gasteiger partial charge < -0.3 is 14.6 Å². The van der Waals surface area contributed by atoms with E-state index in [1.165, 1.54) is 11.8 Å². The highest BCUT2D eigenvalue weighted by Gasteiger charge is 2.43. The van der Waals surface area contributed by atoms with E-state index in [9.17, 15) is 14.9 Å². The number of hydrogen-bond donors (Lipinski definition) is 1. The number of esters is 1. The van der Waals surface area contributed by atoms with Gasteiger partial charge in [0.1, 0.15) is 16.3 Å². The number of ether oxygens (including phenoxy) is 1. The van der Waals surface area contributed by atoms with Gasteiger partial charge in [0.05, 0.1) is 17.3 Å². The SMILES string of the molecule is Cc1cc(CSc2ncccc2C(=O)OCC(=O)N[C@@](C)(C#N)C2CC2)no1. The van der Waals surface area contributed by atoms with E-state index in [0.717, 1.165) is 18.5 Å². The summed E-state index contributed by atoms with van der Waals surface area (Å²) in [6, 6.07) is 7.16. The summed E-state index contributed by atoms with van der Waals surface area (Å²) in [6.07, 6.45) is 3.39. The van der Waals surface area contributed by atoms with Crippen LogP contribution in [0.5, 0.6) is 0 Å². The third-order valence-corrected chi connectivity index (χ3v) is 5.42. The second-order valence-electron chi connectivity index (χ2n) is 6.79. The lowest BCUT2D eigenvalue weighted by Crippen LogP contribution is -2.48. The predicted octanol–water partition coefficient (Wildman–Crippen LogP) is 2.64. The zero-order valence-electron chi connectivity index (χ0n) is 15.6. The first-order chi connectivity index (χ1) is 13.4. The van der Waals surface area contributed by atoms with Gasteiger partial charge in [0, 0.05) is 18.0 Å². The maximum atomic E-state index is 12.4. The summed E-state index contributed by atoms with van der Waals surface area (Å²) >= 11 is 1.32. The predicted molar refractivity (Wildman–Crippen MR) is 100 cm³/mol. The molecule has 2 heterocycles. The molecule has 1 atom stereocenters. The maximum Gasteiger partial charge on any atom is 0.341 e. The highest BCUT2D eigenvalue weighted by molar-refractivity contribution is 7.98. The Morgan fingerprint density at radius 3 is 2.93 bits per heavy atom. The Morgan fingerprint density at radius 1 is 1.50 bits per heavy atom. The molecule has 3 rings (SSSR count). The van der Waals surface area contributed by atoms with Crippen molar-refractivity contribution in [3.05, 3.63) is 41.4 Å². The Balaban J connectivity index is 1.56. The first-order valence-corrected chi connectivity index (χ1v) is 9.79. The van der Waals surface area contributed by atoms with E-state index in [2.05, 4.69) is 21.5 Å². The van der Waals surface area contributed by atoms with E-state index >= 15 is 0 Å². The van der Waals surface area contributed by atoms with Crippen LogP contribution in [0.2, 0.25) is 0 Å². The molecule has 0 aromatic carbocycles. The molecule has 0 spiro atoms. The number of nitrogens with zero attached hydrogens (tertiary/aromatic N) is 3. The summed E-state index contributed by atoms with van der Waals surface area (Å²) in [5.41, 5.74) is 0.0857. The topological polar surface area (TPSA) is 118 Å². The van der Waals surface area contributed by atoms with Crippen LogP contribution in [-0.2, 0) is 15.3 Å². The van der Waals surface area contributed by atoms with Gasteiger partial charge in [0.2, 0.25) is 0 Å². The van der Waals surface area contributed by atoms with Crippen molar-refractivity contribution in [3.63, 3.8) is 0 Å². The smallest absolute Gasteiger partial charge is 0.341 e. The monoisotopic (exact) mass is 400 g/mol. The molecule has 0 unspecified atom stereocenters. The molecular weight excluding hydrogens is 380 g/mol. The largest absolute Gasteiger partial charge is 0.452 e. The number of hydrogen-bond acceptors (Lipinski definition) is 8. The first kappa shape index (κ1) is 19.9.